The van der Waals surface area contributed by atoms with E-state index in [1.165, 1.54) is 5.69 Å². The van der Waals surface area contributed by atoms with Crippen LogP contribution in [0.2, 0.25) is 0 Å². The molecule has 1 aliphatic rings. The van der Waals surface area contributed by atoms with Crippen molar-refractivity contribution in [1.82, 2.24) is 4.90 Å². The molecule has 1 aliphatic heterocycles. The smallest absolute Gasteiger partial charge is 0.0638 e. The lowest BCUT2D eigenvalue weighted by Crippen LogP contribution is -2.38. The van der Waals surface area contributed by atoms with Crippen LogP contribution in [0.4, 0.5) is 5.69 Å². The van der Waals surface area contributed by atoms with Crippen LogP contribution in [0, 0.1) is 11.3 Å². The van der Waals surface area contributed by atoms with Gasteiger partial charge in [-0.25, -0.2) is 0 Å². The molecule has 1 saturated heterocycles. The van der Waals surface area contributed by atoms with E-state index in [0.29, 0.717) is 12.5 Å². The predicted molar refractivity (Wildman–Crippen MR) is 77.6 cm³/mol. The third kappa shape index (κ3) is 3.24. The maximum atomic E-state index is 8.93. The van der Waals surface area contributed by atoms with Gasteiger partial charge in [0, 0.05) is 29.3 Å². The molecule has 1 aromatic rings. The minimum atomic E-state index is 0.330. The molecule has 0 bridgehead atoms. The van der Waals surface area contributed by atoms with Crippen molar-refractivity contribution < 1.29 is 0 Å². The molecule has 0 N–H and O–H groups in total. The lowest BCUT2D eigenvalue weighted by atomic mass is 10.2. The Morgan fingerprint density at radius 1 is 1.44 bits per heavy atom. The largest absolute Gasteiger partial charge is 0.370 e. The van der Waals surface area contributed by atoms with Gasteiger partial charge < -0.3 is 9.80 Å². The molecule has 96 valence electrons. The standard InChI is InChI=1S/C14H18BrN3/c1-17-8-3-9-18(11-14(17)6-7-16)13-5-2-4-12(15)10-13/h2,4-5,10,14H,3,6,8-9,11H2,1H3. The number of benzene rings is 1. The number of nitrogens with zero attached hydrogens (tertiary/aromatic N) is 3. The van der Waals surface area contributed by atoms with E-state index in [1.807, 2.05) is 6.07 Å². The van der Waals surface area contributed by atoms with Crippen molar-refractivity contribution in [3.05, 3.63) is 28.7 Å². The van der Waals surface area contributed by atoms with Crippen LogP contribution in [0.1, 0.15) is 12.8 Å². The summed E-state index contributed by atoms with van der Waals surface area (Å²) >= 11 is 3.52. The van der Waals surface area contributed by atoms with E-state index in [9.17, 15) is 0 Å². The molecule has 1 atom stereocenters. The monoisotopic (exact) mass is 307 g/mol. The summed E-state index contributed by atoms with van der Waals surface area (Å²) in [4.78, 5) is 4.69. The van der Waals surface area contributed by atoms with Gasteiger partial charge >= 0.3 is 0 Å². The van der Waals surface area contributed by atoms with E-state index in [4.69, 9.17) is 5.26 Å². The molecule has 0 aliphatic carbocycles. The summed E-state index contributed by atoms with van der Waals surface area (Å²) in [6.45, 7) is 3.06. The SMILES string of the molecule is CN1CCCN(c2cccc(Br)c2)CC1CC#N. The van der Waals surface area contributed by atoms with E-state index in [-0.39, 0.29) is 0 Å². The van der Waals surface area contributed by atoms with Gasteiger partial charge in [0.25, 0.3) is 0 Å². The number of hydrogen-bond acceptors (Lipinski definition) is 3. The van der Waals surface area contributed by atoms with Gasteiger partial charge in [-0.2, -0.15) is 5.26 Å². The minimum absolute atomic E-state index is 0.330. The average Bonchev–Trinajstić information content (AvgIpc) is 2.53. The molecule has 18 heavy (non-hydrogen) atoms. The molecule has 0 amide bonds. The average molecular weight is 308 g/mol. The topological polar surface area (TPSA) is 30.3 Å². The fourth-order valence-corrected chi connectivity index (χ4v) is 2.80. The Morgan fingerprint density at radius 3 is 3.00 bits per heavy atom. The molecule has 0 radical (unpaired) electrons. The van der Waals surface area contributed by atoms with Crippen molar-refractivity contribution in [2.45, 2.75) is 18.9 Å². The first-order valence-corrected chi connectivity index (χ1v) is 7.07. The van der Waals surface area contributed by atoms with Crippen LogP contribution in [0.25, 0.3) is 0 Å². The number of rotatable bonds is 2. The van der Waals surface area contributed by atoms with Gasteiger partial charge in [-0.1, -0.05) is 22.0 Å². The number of anilines is 1. The molecule has 2 rings (SSSR count). The van der Waals surface area contributed by atoms with Crippen LogP contribution in [0.5, 0.6) is 0 Å². The van der Waals surface area contributed by atoms with Crippen LogP contribution in [-0.2, 0) is 0 Å². The summed E-state index contributed by atoms with van der Waals surface area (Å²) in [7, 11) is 2.12. The van der Waals surface area contributed by atoms with Crippen LogP contribution < -0.4 is 4.90 Å². The van der Waals surface area contributed by atoms with Crippen molar-refractivity contribution >= 4 is 21.6 Å². The lowest BCUT2D eigenvalue weighted by Gasteiger charge is -2.28. The van der Waals surface area contributed by atoms with Gasteiger partial charge in [0.15, 0.2) is 0 Å². The second-order valence-electron chi connectivity index (χ2n) is 4.78. The molecule has 0 aromatic heterocycles. The summed E-state index contributed by atoms with van der Waals surface area (Å²) in [5.41, 5.74) is 1.24. The highest BCUT2D eigenvalue weighted by Crippen LogP contribution is 2.23. The summed E-state index contributed by atoms with van der Waals surface area (Å²) < 4.78 is 1.11. The van der Waals surface area contributed by atoms with Crippen molar-refractivity contribution in [2.75, 3.05) is 31.6 Å². The first kappa shape index (κ1) is 13.4. The van der Waals surface area contributed by atoms with Crippen LogP contribution >= 0.6 is 15.9 Å². The van der Waals surface area contributed by atoms with E-state index in [1.54, 1.807) is 0 Å². The fraction of sp³-hybridized carbons (Fsp3) is 0.500. The zero-order valence-electron chi connectivity index (χ0n) is 10.6. The highest BCUT2D eigenvalue weighted by atomic mass is 79.9. The lowest BCUT2D eigenvalue weighted by molar-refractivity contribution is 0.264. The second kappa shape index (κ2) is 6.21. The Balaban J connectivity index is 2.15. The number of likely N-dealkylation sites (N-methyl/N-ethyl adjacent to an activating group) is 1. The summed E-state index contributed by atoms with van der Waals surface area (Å²) in [5.74, 6) is 0. The Labute approximate surface area is 117 Å². The Bertz CT molecular complexity index is 441. The van der Waals surface area contributed by atoms with Crippen LogP contribution in [-0.4, -0.2) is 37.6 Å². The van der Waals surface area contributed by atoms with Crippen molar-refractivity contribution in [3.63, 3.8) is 0 Å². The third-order valence-electron chi connectivity index (χ3n) is 3.49. The Hall–Kier alpha value is -1.05. The van der Waals surface area contributed by atoms with Crippen molar-refractivity contribution in [1.29, 1.82) is 5.26 Å². The second-order valence-corrected chi connectivity index (χ2v) is 5.69. The van der Waals surface area contributed by atoms with E-state index in [0.717, 1.165) is 30.5 Å². The molecule has 1 aromatic carbocycles. The fourth-order valence-electron chi connectivity index (χ4n) is 2.41. The summed E-state index contributed by atoms with van der Waals surface area (Å²) in [6.07, 6.45) is 1.74. The molecule has 1 heterocycles. The van der Waals surface area contributed by atoms with Crippen LogP contribution in [0.3, 0.4) is 0 Å². The highest BCUT2D eigenvalue weighted by molar-refractivity contribution is 9.10. The third-order valence-corrected chi connectivity index (χ3v) is 3.99. The maximum Gasteiger partial charge on any atom is 0.0638 e. The first-order chi connectivity index (χ1) is 8.70. The highest BCUT2D eigenvalue weighted by Gasteiger charge is 2.22. The predicted octanol–water partition coefficient (Wildman–Crippen LogP) is 2.87. The maximum absolute atomic E-state index is 8.93. The molecule has 0 saturated carbocycles. The molecule has 0 spiro atoms. The van der Waals surface area contributed by atoms with Crippen LogP contribution in [0.15, 0.2) is 28.7 Å². The summed E-state index contributed by atoms with van der Waals surface area (Å²) in [5, 5.41) is 8.93. The van der Waals surface area contributed by atoms with Gasteiger partial charge in [0.05, 0.1) is 12.5 Å². The normalized spacial score (nSPS) is 21.4. The van der Waals surface area contributed by atoms with E-state index in [2.05, 4.69) is 57.0 Å². The van der Waals surface area contributed by atoms with Gasteiger partial charge in [-0.3, -0.25) is 0 Å². The number of hydrogen-bond donors (Lipinski definition) is 0. The molecular formula is C14H18BrN3. The zero-order valence-corrected chi connectivity index (χ0v) is 12.2. The van der Waals surface area contributed by atoms with Gasteiger partial charge in [0.2, 0.25) is 0 Å². The molecule has 1 fully saturated rings. The number of nitriles is 1. The van der Waals surface area contributed by atoms with Crippen molar-refractivity contribution in [2.24, 2.45) is 0 Å². The van der Waals surface area contributed by atoms with Gasteiger partial charge in [0.1, 0.15) is 0 Å². The quantitative estimate of drug-likeness (QED) is 0.841. The molecule has 3 nitrogen and oxygen atoms in total. The molecule has 1 unspecified atom stereocenters. The summed E-state index contributed by atoms with van der Waals surface area (Å²) in [6, 6.07) is 11.0. The Morgan fingerprint density at radius 2 is 2.28 bits per heavy atom. The van der Waals surface area contributed by atoms with Crippen molar-refractivity contribution in [3.8, 4) is 6.07 Å². The molecular weight excluding hydrogens is 290 g/mol. The molecule has 4 heteroatoms. The first-order valence-electron chi connectivity index (χ1n) is 6.28. The van der Waals surface area contributed by atoms with E-state index < -0.39 is 0 Å². The minimum Gasteiger partial charge on any atom is -0.370 e. The van der Waals surface area contributed by atoms with E-state index >= 15 is 0 Å². The van der Waals surface area contributed by atoms with Gasteiger partial charge in [-0.05, 0) is 38.2 Å². The zero-order chi connectivity index (χ0) is 13.0. The van der Waals surface area contributed by atoms with Gasteiger partial charge in [-0.15, -0.1) is 0 Å². The Kier molecular flexibility index (Phi) is 4.62. The number of halogens is 1.